The molecule has 110 valence electrons. The highest BCUT2D eigenvalue weighted by Gasteiger charge is 2.37. The second-order valence-corrected chi connectivity index (χ2v) is 4.43. The minimum absolute atomic E-state index is 0.130. The zero-order valence-corrected chi connectivity index (χ0v) is 10.1. The summed E-state index contributed by atoms with van der Waals surface area (Å²) < 4.78 is 76.2. The zero-order chi connectivity index (χ0) is 19.4. The van der Waals surface area contributed by atoms with Gasteiger partial charge in [0.1, 0.15) is 0 Å². The SMILES string of the molecule is [2H]C([2H])([2H])C([2H])([2H])C1CC(N)c2cc(C(F)(F)F)ccc2N1C(=O)O. The van der Waals surface area contributed by atoms with Crippen LogP contribution in [0.2, 0.25) is 0 Å². The summed E-state index contributed by atoms with van der Waals surface area (Å²) in [5.74, 6) is 0. The molecule has 0 spiro atoms. The number of anilines is 1. The van der Waals surface area contributed by atoms with Crippen LogP contribution >= 0.6 is 0 Å². The highest BCUT2D eigenvalue weighted by molar-refractivity contribution is 5.89. The lowest BCUT2D eigenvalue weighted by atomic mass is 9.89. The molecule has 0 saturated carbocycles. The van der Waals surface area contributed by atoms with Crippen LogP contribution in [0.15, 0.2) is 18.2 Å². The van der Waals surface area contributed by atoms with Gasteiger partial charge in [-0.25, -0.2) is 4.79 Å². The molecule has 1 aliphatic rings. The third-order valence-corrected chi connectivity index (χ3v) is 3.18. The van der Waals surface area contributed by atoms with Gasteiger partial charge < -0.3 is 10.8 Å². The second kappa shape index (κ2) is 4.97. The quantitative estimate of drug-likeness (QED) is 0.834. The third-order valence-electron chi connectivity index (χ3n) is 3.18. The van der Waals surface area contributed by atoms with E-state index in [4.69, 9.17) is 12.6 Å². The predicted octanol–water partition coefficient (Wildman–Crippen LogP) is 3.37. The zero-order valence-electron chi connectivity index (χ0n) is 15.1. The van der Waals surface area contributed by atoms with Gasteiger partial charge in [0.05, 0.1) is 11.3 Å². The van der Waals surface area contributed by atoms with Crippen LogP contribution in [0.1, 0.15) is 43.7 Å². The highest BCUT2D eigenvalue weighted by Crippen LogP contribution is 2.40. The number of amides is 1. The van der Waals surface area contributed by atoms with E-state index in [0.29, 0.717) is 17.0 Å². The first-order valence-corrected chi connectivity index (χ1v) is 5.67. The van der Waals surface area contributed by atoms with Crippen LogP contribution < -0.4 is 10.6 Å². The number of carboxylic acid groups (broad SMARTS) is 1. The lowest BCUT2D eigenvalue weighted by molar-refractivity contribution is -0.137. The molecule has 1 amide bonds. The molecule has 20 heavy (non-hydrogen) atoms. The maximum atomic E-state index is 12.9. The molecule has 1 heterocycles. The summed E-state index contributed by atoms with van der Waals surface area (Å²) in [5.41, 5.74) is 4.41. The first kappa shape index (κ1) is 9.23. The molecule has 0 radical (unpaired) electrons. The van der Waals surface area contributed by atoms with Gasteiger partial charge >= 0.3 is 12.3 Å². The summed E-state index contributed by atoms with van der Waals surface area (Å²) in [6, 6.07) is -0.591. The highest BCUT2D eigenvalue weighted by atomic mass is 19.4. The Kier molecular flexibility index (Phi) is 2.29. The summed E-state index contributed by atoms with van der Waals surface area (Å²) in [7, 11) is 0. The minimum Gasteiger partial charge on any atom is -0.465 e. The summed E-state index contributed by atoms with van der Waals surface area (Å²) >= 11 is 0. The number of benzene rings is 1. The van der Waals surface area contributed by atoms with E-state index in [1.54, 1.807) is 0 Å². The van der Waals surface area contributed by atoms with Crippen molar-refractivity contribution in [3.05, 3.63) is 29.3 Å². The fourth-order valence-corrected chi connectivity index (χ4v) is 2.25. The van der Waals surface area contributed by atoms with Gasteiger partial charge in [0.25, 0.3) is 0 Å². The summed E-state index contributed by atoms with van der Waals surface area (Å²) in [5, 5.41) is 9.41. The van der Waals surface area contributed by atoms with Crippen LogP contribution in [0.5, 0.6) is 0 Å². The molecule has 1 aromatic carbocycles. The molecule has 3 N–H and O–H groups in total. The topological polar surface area (TPSA) is 66.6 Å². The first-order valence-electron chi connectivity index (χ1n) is 8.17. The Morgan fingerprint density at radius 2 is 2.35 bits per heavy atom. The van der Waals surface area contributed by atoms with Crippen molar-refractivity contribution in [1.29, 1.82) is 0 Å². The van der Waals surface area contributed by atoms with E-state index in [2.05, 4.69) is 0 Å². The molecule has 1 aliphatic heterocycles. The Hall–Kier alpha value is -1.76. The molecule has 0 aromatic heterocycles. The van der Waals surface area contributed by atoms with Gasteiger partial charge in [0, 0.05) is 18.9 Å². The van der Waals surface area contributed by atoms with Gasteiger partial charge in [-0.05, 0) is 36.6 Å². The van der Waals surface area contributed by atoms with E-state index in [1.807, 2.05) is 0 Å². The van der Waals surface area contributed by atoms with Crippen molar-refractivity contribution in [1.82, 2.24) is 0 Å². The van der Waals surface area contributed by atoms with Crippen LogP contribution in [0.25, 0.3) is 0 Å². The molecular weight excluding hydrogens is 273 g/mol. The second-order valence-electron chi connectivity index (χ2n) is 4.43. The molecule has 7 heteroatoms. The monoisotopic (exact) mass is 293 g/mol. The summed E-state index contributed by atoms with van der Waals surface area (Å²) in [6.45, 7) is -3.14. The maximum Gasteiger partial charge on any atom is 0.416 e. The minimum atomic E-state index is -4.66. The fraction of sp³-hybridized carbons (Fsp3) is 0.462. The lowest BCUT2D eigenvalue weighted by Crippen LogP contribution is -2.45. The van der Waals surface area contributed by atoms with Gasteiger partial charge in [-0.1, -0.05) is 6.85 Å². The molecule has 0 saturated heterocycles. The van der Waals surface area contributed by atoms with Gasteiger partial charge in [-0.3, -0.25) is 4.90 Å². The van der Waals surface area contributed by atoms with Gasteiger partial charge in [0.2, 0.25) is 0 Å². The van der Waals surface area contributed by atoms with Crippen LogP contribution in [-0.2, 0) is 6.18 Å². The lowest BCUT2D eigenvalue weighted by Gasteiger charge is -2.38. The number of hydrogen-bond acceptors (Lipinski definition) is 2. The molecule has 1 aromatic rings. The predicted molar refractivity (Wildman–Crippen MR) is 67.6 cm³/mol. The number of halogens is 3. The molecule has 2 atom stereocenters. The number of fused-ring (bicyclic) bond motifs is 1. The molecule has 0 fully saturated rings. The number of hydrogen-bond donors (Lipinski definition) is 2. The van der Waals surface area contributed by atoms with Crippen LogP contribution in [-0.4, -0.2) is 17.2 Å². The van der Waals surface area contributed by atoms with Crippen LogP contribution in [0, 0.1) is 0 Å². The number of rotatable bonds is 1. The van der Waals surface area contributed by atoms with E-state index in [0.717, 1.165) is 6.07 Å². The van der Waals surface area contributed by atoms with E-state index in [1.165, 1.54) is 0 Å². The van der Waals surface area contributed by atoms with Crippen molar-refractivity contribution in [3.8, 4) is 0 Å². The van der Waals surface area contributed by atoms with Gasteiger partial charge in [0.15, 0.2) is 0 Å². The first-order chi connectivity index (χ1) is 11.2. The van der Waals surface area contributed by atoms with E-state index in [9.17, 15) is 23.1 Å². The van der Waals surface area contributed by atoms with Crippen molar-refractivity contribution < 1.29 is 29.9 Å². The number of nitrogens with two attached hydrogens (primary N) is 1. The molecule has 2 rings (SSSR count). The summed E-state index contributed by atoms with van der Waals surface area (Å²) in [6.07, 6.45) is -9.74. The van der Waals surface area contributed by atoms with Crippen LogP contribution in [0.4, 0.5) is 23.7 Å². The Balaban J connectivity index is 2.61. The van der Waals surface area contributed by atoms with Gasteiger partial charge in [-0.2, -0.15) is 13.2 Å². The normalized spacial score (nSPS) is 27.6. The number of carbonyl (C=O) groups is 1. The number of alkyl halides is 3. The largest absolute Gasteiger partial charge is 0.465 e. The Morgan fingerprint density at radius 1 is 1.65 bits per heavy atom. The maximum absolute atomic E-state index is 12.9. The average molecular weight is 293 g/mol. The fourth-order valence-electron chi connectivity index (χ4n) is 2.25. The molecule has 4 nitrogen and oxygen atoms in total. The Bertz CT molecular complexity index is 693. The average Bonchev–Trinajstić information content (AvgIpc) is 2.44. The summed E-state index contributed by atoms with van der Waals surface area (Å²) in [4.78, 5) is 12.1. The van der Waals surface area contributed by atoms with Crippen molar-refractivity contribution in [2.45, 2.75) is 37.9 Å². The smallest absolute Gasteiger partial charge is 0.416 e. The molecular formula is C13H15F3N2O2. The Morgan fingerprint density at radius 3 is 2.90 bits per heavy atom. The van der Waals surface area contributed by atoms with E-state index >= 15 is 0 Å². The van der Waals surface area contributed by atoms with E-state index in [-0.39, 0.29) is 11.3 Å². The van der Waals surface area contributed by atoms with Crippen molar-refractivity contribution >= 4 is 11.8 Å². The Labute approximate surface area is 121 Å². The van der Waals surface area contributed by atoms with Crippen molar-refractivity contribution in [3.63, 3.8) is 0 Å². The molecule has 0 bridgehead atoms. The molecule has 2 unspecified atom stereocenters. The number of nitrogens with zero attached hydrogens (tertiary/aromatic N) is 1. The van der Waals surface area contributed by atoms with Crippen molar-refractivity contribution in [2.24, 2.45) is 5.73 Å². The van der Waals surface area contributed by atoms with E-state index < -0.39 is 49.6 Å². The third kappa shape index (κ3) is 2.45. The van der Waals surface area contributed by atoms with Crippen molar-refractivity contribution in [2.75, 3.05) is 4.90 Å². The molecule has 0 aliphatic carbocycles. The van der Waals surface area contributed by atoms with Crippen LogP contribution in [0.3, 0.4) is 0 Å². The standard InChI is InChI=1S/C13H15F3N2O2/c1-2-8-6-10(17)9-5-7(13(14,15)16)3-4-11(9)18(8)12(19)20/h3-5,8,10H,2,6,17H2,1H3,(H,19,20)/i1D3,2D2. The van der Waals surface area contributed by atoms with Gasteiger partial charge in [-0.15, -0.1) is 0 Å².